The van der Waals surface area contributed by atoms with Crippen molar-refractivity contribution in [2.24, 2.45) is 33.7 Å². The summed E-state index contributed by atoms with van der Waals surface area (Å²) in [5.41, 5.74) is 26.7. The molecule has 1 unspecified atom stereocenters. The molecule has 29 heavy (non-hydrogen) atoms. The van der Waals surface area contributed by atoms with Gasteiger partial charge in [-0.2, -0.15) is 0 Å². The second kappa shape index (κ2) is 16.2. The van der Waals surface area contributed by atoms with Crippen molar-refractivity contribution in [2.45, 2.75) is 31.7 Å². The van der Waals surface area contributed by atoms with Crippen LogP contribution in [0.5, 0.6) is 0 Å². The Morgan fingerprint density at radius 2 is 1.79 bits per heavy atom. The van der Waals surface area contributed by atoms with Gasteiger partial charge in [-0.3, -0.25) is 14.7 Å². The number of hydrogen-bond acceptors (Lipinski definition) is 8. The largest absolute Gasteiger partial charge is 0.448 e. The molecular weight excluding hydrogens is 384 g/mol. The van der Waals surface area contributed by atoms with Gasteiger partial charge in [-0.1, -0.05) is 0 Å². The fourth-order valence-corrected chi connectivity index (χ4v) is 2.17. The third-order valence-corrected chi connectivity index (χ3v) is 3.59. The minimum atomic E-state index is -0.930. The fourth-order valence-electron chi connectivity index (χ4n) is 2.17. The molecule has 0 radical (unpaired) electrons. The maximum Gasteiger partial charge on any atom is 0.410 e. The van der Waals surface area contributed by atoms with Gasteiger partial charge >= 0.3 is 12.2 Å². The van der Waals surface area contributed by atoms with E-state index in [2.05, 4.69) is 15.0 Å². The minimum absolute atomic E-state index is 0.00210. The number of nitrogens with one attached hydrogen (secondary N) is 1. The predicted molar refractivity (Wildman–Crippen MR) is 108 cm³/mol. The van der Waals surface area contributed by atoms with Crippen LogP contribution in [0.4, 0.5) is 9.59 Å². The highest BCUT2D eigenvalue weighted by Crippen LogP contribution is 2.02. The molecule has 0 rings (SSSR count). The summed E-state index contributed by atoms with van der Waals surface area (Å²) in [6.07, 6.45) is 0.951. The summed E-state index contributed by atoms with van der Waals surface area (Å²) in [7, 11) is 0. The standard InChI is InChI=1S/C16H34N8O5/c17-5-1-2-8-24(10-13(25)22-7-9-28-15(21)26)16(27)29-11-12(18)4-3-6-23-14(19)20/h12H,1-11,17-18H2,(H2,21,26)(H,22,25)(H4,19,20,23). The zero-order chi connectivity index (χ0) is 22.1. The molecule has 0 aliphatic rings. The molecule has 0 saturated carbocycles. The molecule has 0 heterocycles. The monoisotopic (exact) mass is 418 g/mol. The van der Waals surface area contributed by atoms with Crippen LogP contribution < -0.4 is 34.0 Å². The molecule has 0 aromatic heterocycles. The number of aliphatic imine (C=N–C) groups is 1. The molecule has 0 aromatic carbocycles. The average molecular weight is 418 g/mol. The number of ether oxygens (including phenoxy) is 2. The summed E-state index contributed by atoms with van der Waals surface area (Å²) < 4.78 is 9.72. The number of unbranched alkanes of at least 4 members (excludes halogenated alkanes) is 1. The van der Waals surface area contributed by atoms with Crippen LogP contribution in [-0.2, 0) is 14.3 Å². The van der Waals surface area contributed by atoms with Gasteiger partial charge < -0.3 is 43.5 Å². The first-order valence-corrected chi connectivity index (χ1v) is 9.38. The van der Waals surface area contributed by atoms with Crippen LogP contribution in [-0.4, -0.2) is 80.9 Å². The van der Waals surface area contributed by atoms with Gasteiger partial charge in [-0.05, 0) is 32.2 Å². The maximum absolute atomic E-state index is 12.3. The highest BCUT2D eigenvalue weighted by atomic mass is 16.6. The Balaban J connectivity index is 4.38. The SMILES string of the molecule is NCCCCN(CC(=O)NCCOC(N)=O)C(=O)OCC(N)CCCN=C(N)N. The lowest BCUT2D eigenvalue weighted by Crippen LogP contribution is -2.43. The van der Waals surface area contributed by atoms with Crippen molar-refractivity contribution in [1.82, 2.24) is 10.2 Å². The van der Waals surface area contributed by atoms with Crippen molar-refractivity contribution >= 4 is 24.1 Å². The van der Waals surface area contributed by atoms with Gasteiger partial charge in [0.25, 0.3) is 0 Å². The fraction of sp³-hybridized carbons (Fsp3) is 0.750. The van der Waals surface area contributed by atoms with E-state index in [1.54, 1.807) is 0 Å². The molecule has 0 aromatic rings. The number of rotatable bonds is 15. The van der Waals surface area contributed by atoms with Gasteiger partial charge in [-0.25, -0.2) is 9.59 Å². The molecule has 13 heteroatoms. The second-order valence-corrected chi connectivity index (χ2v) is 6.22. The van der Waals surface area contributed by atoms with Crippen molar-refractivity contribution in [3.63, 3.8) is 0 Å². The zero-order valence-corrected chi connectivity index (χ0v) is 16.7. The summed E-state index contributed by atoms with van der Waals surface area (Å²) in [5, 5.41) is 2.52. The molecule has 0 aliphatic heterocycles. The lowest BCUT2D eigenvalue weighted by molar-refractivity contribution is -0.122. The van der Waals surface area contributed by atoms with Crippen LogP contribution in [0.15, 0.2) is 4.99 Å². The van der Waals surface area contributed by atoms with E-state index < -0.39 is 18.1 Å². The predicted octanol–water partition coefficient (Wildman–Crippen LogP) is -2.24. The van der Waals surface area contributed by atoms with Crippen molar-refractivity contribution in [3.05, 3.63) is 0 Å². The quantitative estimate of drug-likeness (QED) is 0.0957. The van der Waals surface area contributed by atoms with E-state index in [-0.39, 0.29) is 38.3 Å². The Morgan fingerprint density at radius 3 is 2.41 bits per heavy atom. The number of primary amides is 1. The molecular formula is C16H34N8O5. The topological polar surface area (TPSA) is 227 Å². The highest BCUT2D eigenvalue weighted by molar-refractivity contribution is 5.82. The first kappa shape index (κ1) is 26.2. The smallest absolute Gasteiger partial charge is 0.410 e. The van der Waals surface area contributed by atoms with Crippen molar-refractivity contribution in [1.29, 1.82) is 0 Å². The third-order valence-electron chi connectivity index (χ3n) is 3.59. The number of guanidine groups is 1. The first-order chi connectivity index (χ1) is 13.8. The normalized spacial score (nSPS) is 11.2. The Hall–Kier alpha value is -2.80. The average Bonchev–Trinajstić information content (AvgIpc) is 2.65. The van der Waals surface area contributed by atoms with E-state index >= 15 is 0 Å². The van der Waals surface area contributed by atoms with Gasteiger partial charge in [0.05, 0.1) is 6.54 Å². The number of amides is 3. The third kappa shape index (κ3) is 15.9. The van der Waals surface area contributed by atoms with E-state index in [4.69, 9.17) is 33.4 Å². The van der Waals surface area contributed by atoms with Crippen molar-refractivity contribution in [3.8, 4) is 0 Å². The number of nitrogens with two attached hydrogens (primary N) is 5. The van der Waals surface area contributed by atoms with E-state index in [0.717, 1.165) is 0 Å². The molecule has 13 nitrogen and oxygen atoms in total. The van der Waals surface area contributed by atoms with Crippen LogP contribution in [0, 0.1) is 0 Å². The van der Waals surface area contributed by atoms with Gasteiger partial charge in [0.1, 0.15) is 19.8 Å². The van der Waals surface area contributed by atoms with Gasteiger partial charge in [0.15, 0.2) is 5.96 Å². The molecule has 11 N–H and O–H groups in total. The van der Waals surface area contributed by atoms with Crippen LogP contribution in [0.2, 0.25) is 0 Å². The molecule has 0 saturated heterocycles. The second-order valence-electron chi connectivity index (χ2n) is 6.22. The first-order valence-electron chi connectivity index (χ1n) is 9.38. The molecule has 3 amide bonds. The van der Waals surface area contributed by atoms with E-state index in [9.17, 15) is 14.4 Å². The number of carbonyl (C=O) groups is 3. The molecule has 0 fully saturated rings. The molecule has 0 spiro atoms. The molecule has 0 aliphatic carbocycles. The highest BCUT2D eigenvalue weighted by Gasteiger charge is 2.19. The molecule has 1 atom stereocenters. The van der Waals surface area contributed by atoms with Gasteiger partial charge in [0, 0.05) is 19.1 Å². The number of hydrogen-bond donors (Lipinski definition) is 6. The number of nitrogens with zero attached hydrogens (tertiary/aromatic N) is 2. The molecule has 168 valence electrons. The minimum Gasteiger partial charge on any atom is -0.448 e. The lowest BCUT2D eigenvalue weighted by Gasteiger charge is -2.22. The summed E-state index contributed by atoms with van der Waals surface area (Å²) in [6, 6.07) is -0.376. The Kier molecular flexibility index (Phi) is 14.6. The molecule has 0 bridgehead atoms. The summed E-state index contributed by atoms with van der Waals surface area (Å²) in [4.78, 5) is 39.9. The van der Waals surface area contributed by atoms with Crippen molar-refractivity contribution in [2.75, 3.05) is 45.9 Å². The van der Waals surface area contributed by atoms with Crippen LogP contribution >= 0.6 is 0 Å². The van der Waals surface area contributed by atoms with E-state index in [0.29, 0.717) is 45.3 Å². The summed E-state index contributed by atoms with van der Waals surface area (Å²) in [5.74, 6) is -0.415. The number of carbonyl (C=O) groups excluding carboxylic acids is 3. The maximum atomic E-state index is 12.3. The summed E-state index contributed by atoms with van der Waals surface area (Å²) >= 11 is 0. The summed E-state index contributed by atoms with van der Waals surface area (Å²) in [6.45, 7) is 1.03. The van der Waals surface area contributed by atoms with Crippen molar-refractivity contribution < 1.29 is 23.9 Å². The Morgan fingerprint density at radius 1 is 1.07 bits per heavy atom. The van der Waals surface area contributed by atoms with E-state index in [1.807, 2.05) is 0 Å². The van der Waals surface area contributed by atoms with Gasteiger partial charge in [-0.15, -0.1) is 0 Å². The van der Waals surface area contributed by atoms with E-state index in [1.165, 1.54) is 4.90 Å². The van der Waals surface area contributed by atoms with Crippen LogP contribution in [0.25, 0.3) is 0 Å². The Bertz CT molecular complexity index is 527. The van der Waals surface area contributed by atoms with Crippen LogP contribution in [0.3, 0.4) is 0 Å². The van der Waals surface area contributed by atoms with Gasteiger partial charge in [0.2, 0.25) is 5.91 Å². The van der Waals surface area contributed by atoms with Crippen LogP contribution in [0.1, 0.15) is 25.7 Å². The zero-order valence-electron chi connectivity index (χ0n) is 16.7. The Labute approximate surface area is 170 Å². The lowest BCUT2D eigenvalue weighted by atomic mass is 10.2.